The molecule has 2 heterocycles. The fourth-order valence-electron chi connectivity index (χ4n) is 3.67. The van der Waals surface area contributed by atoms with Crippen LogP contribution in [0.2, 0.25) is 0 Å². The summed E-state index contributed by atoms with van der Waals surface area (Å²) in [5, 5.41) is 3.73. The van der Waals surface area contributed by atoms with Crippen molar-refractivity contribution in [1.29, 1.82) is 0 Å². The Kier molecular flexibility index (Phi) is 4.77. The zero-order valence-electron chi connectivity index (χ0n) is 15.9. The number of fused-ring (bicyclic) bond motifs is 1. The number of methoxy groups -OCH3 is 1. The van der Waals surface area contributed by atoms with Crippen LogP contribution in [0.25, 0.3) is 11.0 Å². The molecule has 1 saturated heterocycles. The van der Waals surface area contributed by atoms with Gasteiger partial charge in [0, 0.05) is 36.5 Å². The molecular weight excluding hydrogens is 356 g/mol. The third kappa shape index (κ3) is 3.22. The minimum atomic E-state index is -0.564. The van der Waals surface area contributed by atoms with Gasteiger partial charge in [-0.05, 0) is 24.6 Å². The lowest BCUT2D eigenvalue weighted by Crippen LogP contribution is -2.58. The van der Waals surface area contributed by atoms with E-state index in [4.69, 9.17) is 9.15 Å². The summed E-state index contributed by atoms with van der Waals surface area (Å²) in [5.74, 6) is 0.540. The number of aryl methyl sites for hydroxylation is 1. The molecule has 0 bridgehead atoms. The van der Waals surface area contributed by atoms with E-state index >= 15 is 0 Å². The van der Waals surface area contributed by atoms with E-state index < -0.39 is 6.04 Å². The molecule has 3 aromatic rings. The summed E-state index contributed by atoms with van der Waals surface area (Å²) in [6.45, 7) is 2.74. The minimum absolute atomic E-state index is 0.140. The maximum atomic E-state index is 13.3. The minimum Gasteiger partial charge on any atom is -0.497 e. The van der Waals surface area contributed by atoms with Crippen molar-refractivity contribution in [2.24, 2.45) is 0 Å². The molecule has 1 aliphatic rings. The van der Waals surface area contributed by atoms with Crippen LogP contribution in [0.3, 0.4) is 0 Å². The Balaban J connectivity index is 1.67. The fraction of sp³-hybridized carbons (Fsp3) is 0.273. The number of ether oxygens (including phenoxy) is 1. The summed E-state index contributed by atoms with van der Waals surface area (Å²) in [4.78, 5) is 27.5. The summed E-state index contributed by atoms with van der Waals surface area (Å²) in [7, 11) is 1.59. The lowest BCUT2D eigenvalue weighted by Gasteiger charge is -2.34. The molecule has 1 aliphatic heterocycles. The second kappa shape index (κ2) is 7.38. The van der Waals surface area contributed by atoms with Gasteiger partial charge in [-0.15, -0.1) is 0 Å². The van der Waals surface area contributed by atoms with Gasteiger partial charge in [-0.2, -0.15) is 0 Å². The normalized spacial score (nSPS) is 16.9. The summed E-state index contributed by atoms with van der Waals surface area (Å²) in [5.41, 5.74) is 2.38. The SMILES string of the molecule is COc1ccc2c(C)c(C(=O)N3CCNC(=O)[C@H]3Cc3ccccc3)oc2c1. The van der Waals surface area contributed by atoms with Crippen LogP contribution in [0.1, 0.15) is 21.7 Å². The molecule has 6 heteroatoms. The summed E-state index contributed by atoms with van der Waals surface area (Å²) in [6, 6.07) is 14.6. The van der Waals surface area contributed by atoms with Crippen molar-refractivity contribution in [2.45, 2.75) is 19.4 Å². The molecule has 4 rings (SSSR count). The number of hydrogen-bond acceptors (Lipinski definition) is 4. The highest BCUT2D eigenvalue weighted by Gasteiger charge is 2.35. The predicted molar refractivity (Wildman–Crippen MR) is 105 cm³/mol. The van der Waals surface area contributed by atoms with Crippen LogP contribution in [0.5, 0.6) is 5.75 Å². The summed E-state index contributed by atoms with van der Waals surface area (Å²) < 4.78 is 11.1. The van der Waals surface area contributed by atoms with E-state index in [1.165, 1.54) is 0 Å². The van der Waals surface area contributed by atoms with E-state index in [2.05, 4.69) is 5.32 Å². The van der Waals surface area contributed by atoms with Crippen molar-refractivity contribution in [1.82, 2.24) is 10.2 Å². The maximum absolute atomic E-state index is 13.3. The second-order valence-corrected chi connectivity index (χ2v) is 6.91. The van der Waals surface area contributed by atoms with Gasteiger partial charge in [0.05, 0.1) is 7.11 Å². The lowest BCUT2D eigenvalue weighted by atomic mass is 10.0. The van der Waals surface area contributed by atoms with Gasteiger partial charge in [-0.25, -0.2) is 0 Å². The van der Waals surface area contributed by atoms with Gasteiger partial charge in [0.25, 0.3) is 5.91 Å². The average molecular weight is 378 g/mol. The van der Waals surface area contributed by atoms with Gasteiger partial charge >= 0.3 is 0 Å². The highest BCUT2D eigenvalue weighted by Crippen LogP contribution is 2.30. The number of rotatable bonds is 4. The van der Waals surface area contributed by atoms with Crippen LogP contribution >= 0.6 is 0 Å². The van der Waals surface area contributed by atoms with Crippen molar-refractivity contribution in [3.05, 3.63) is 65.4 Å². The van der Waals surface area contributed by atoms with E-state index in [0.717, 1.165) is 16.5 Å². The molecule has 0 saturated carbocycles. The first kappa shape index (κ1) is 18.1. The van der Waals surface area contributed by atoms with E-state index in [1.54, 1.807) is 18.1 Å². The predicted octanol–water partition coefficient (Wildman–Crippen LogP) is 2.93. The quantitative estimate of drug-likeness (QED) is 0.758. The molecule has 1 aromatic heterocycles. The fourth-order valence-corrected chi connectivity index (χ4v) is 3.67. The monoisotopic (exact) mass is 378 g/mol. The first-order chi connectivity index (χ1) is 13.6. The topological polar surface area (TPSA) is 71.8 Å². The zero-order valence-corrected chi connectivity index (χ0v) is 15.9. The van der Waals surface area contributed by atoms with Gasteiger partial charge < -0.3 is 19.4 Å². The Hall–Kier alpha value is -3.28. The number of benzene rings is 2. The number of carbonyl (C=O) groups excluding carboxylic acids is 2. The average Bonchev–Trinajstić information content (AvgIpc) is 3.05. The number of nitrogens with one attached hydrogen (secondary N) is 1. The van der Waals surface area contributed by atoms with Crippen LogP contribution < -0.4 is 10.1 Å². The van der Waals surface area contributed by atoms with Crippen LogP contribution in [-0.4, -0.2) is 43.0 Å². The highest BCUT2D eigenvalue weighted by atomic mass is 16.5. The van der Waals surface area contributed by atoms with Gasteiger partial charge in [-0.1, -0.05) is 30.3 Å². The van der Waals surface area contributed by atoms with Gasteiger partial charge in [0.1, 0.15) is 17.4 Å². The molecule has 0 radical (unpaired) electrons. The largest absolute Gasteiger partial charge is 0.497 e. The molecule has 144 valence electrons. The Labute approximate surface area is 163 Å². The number of nitrogens with zero attached hydrogens (tertiary/aromatic N) is 1. The Morgan fingerprint density at radius 2 is 2.04 bits per heavy atom. The number of furan rings is 1. The van der Waals surface area contributed by atoms with Gasteiger partial charge in [0.15, 0.2) is 5.76 Å². The molecule has 28 heavy (non-hydrogen) atoms. The third-order valence-corrected chi connectivity index (χ3v) is 5.20. The van der Waals surface area contributed by atoms with Crippen molar-refractivity contribution in [3.8, 4) is 5.75 Å². The Bertz CT molecular complexity index is 1030. The molecule has 0 unspecified atom stereocenters. The molecule has 0 spiro atoms. The highest BCUT2D eigenvalue weighted by molar-refractivity contribution is 6.01. The molecule has 1 N–H and O–H groups in total. The lowest BCUT2D eigenvalue weighted by molar-refractivity contribution is -0.127. The molecule has 0 aliphatic carbocycles. The molecule has 2 aromatic carbocycles. The van der Waals surface area contributed by atoms with Crippen molar-refractivity contribution >= 4 is 22.8 Å². The zero-order chi connectivity index (χ0) is 19.7. The Morgan fingerprint density at radius 1 is 1.25 bits per heavy atom. The molecule has 1 atom stereocenters. The van der Waals surface area contributed by atoms with E-state index in [-0.39, 0.29) is 17.6 Å². The maximum Gasteiger partial charge on any atom is 0.290 e. The van der Waals surface area contributed by atoms with Crippen molar-refractivity contribution in [3.63, 3.8) is 0 Å². The van der Waals surface area contributed by atoms with E-state index in [1.807, 2.05) is 49.4 Å². The molecule has 2 amide bonds. The number of carbonyl (C=O) groups is 2. The van der Waals surface area contributed by atoms with Crippen molar-refractivity contribution < 1.29 is 18.7 Å². The molecular formula is C22H22N2O4. The van der Waals surface area contributed by atoms with E-state index in [9.17, 15) is 9.59 Å². The van der Waals surface area contributed by atoms with E-state index in [0.29, 0.717) is 30.8 Å². The van der Waals surface area contributed by atoms with Gasteiger partial charge in [0.2, 0.25) is 5.91 Å². The number of amides is 2. The Morgan fingerprint density at radius 3 is 2.79 bits per heavy atom. The van der Waals surface area contributed by atoms with Crippen LogP contribution in [0, 0.1) is 6.92 Å². The number of hydrogen-bond donors (Lipinski definition) is 1. The molecule has 6 nitrogen and oxygen atoms in total. The molecule has 1 fully saturated rings. The summed E-state index contributed by atoms with van der Waals surface area (Å²) >= 11 is 0. The third-order valence-electron chi connectivity index (χ3n) is 5.20. The standard InChI is InChI=1S/C22H22N2O4/c1-14-17-9-8-16(27-2)13-19(17)28-20(14)22(26)24-11-10-23-21(25)18(24)12-15-6-4-3-5-7-15/h3-9,13,18H,10-12H2,1-2H3,(H,23,25)/t18-/m1/s1. The van der Waals surface area contributed by atoms with Crippen molar-refractivity contribution in [2.75, 3.05) is 20.2 Å². The van der Waals surface area contributed by atoms with Crippen LogP contribution in [-0.2, 0) is 11.2 Å². The van der Waals surface area contributed by atoms with Crippen LogP contribution in [0.4, 0.5) is 0 Å². The van der Waals surface area contributed by atoms with Crippen LogP contribution in [0.15, 0.2) is 52.9 Å². The van der Waals surface area contributed by atoms with Gasteiger partial charge in [-0.3, -0.25) is 9.59 Å². The smallest absolute Gasteiger partial charge is 0.290 e. The second-order valence-electron chi connectivity index (χ2n) is 6.91. The first-order valence-electron chi connectivity index (χ1n) is 9.28. The number of piperazine rings is 1. The summed E-state index contributed by atoms with van der Waals surface area (Å²) in [6.07, 6.45) is 0.464. The first-order valence-corrected chi connectivity index (χ1v) is 9.28.